The van der Waals surface area contributed by atoms with Gasteiger partial charge in [-0.2, -0.15) is 0 Å². The lowest BCUT2D eigenvalue weighted by Gasteiger charge is -2.06. The minimum Gasteiger partial charge on any atom is -0.355 e. The Morgan fingerprint density at radius 3 is 2.47 bits per heavy atom. The van der Waals surface area contributed by atoms with Crippen LogP contribution in [0.2, 0.25) is 0 Å². The van der Waals surface area contributed by atoms with E-state index in [9.17, 15) is 9.59 Å². The van der Waals surface area contributed by atoms with Crippen molar-refractivity contribution in [2.24, 2.45) is 5.92 Å². The second-order valence-corrected chi connectivity index (χ2v) is 3.68. The van der Waals surface area contributed by atoms with Gasteiger partial charge in [0, 0.05) is 32.5 Å². The molecule has 1 rings (SSSR count). The lowest BCUT2D eigenvalue weighted by Crippen LogP contribution is -2.40. The van der Waals surface area contributed by atoms with Crippen LogP contribution in [0, 0.1) is 5.92 Å². The maximum Gasteiger partial charge on any atom is 0.314 e. The summed E-state index contributed by atoms with van der Waals surface area (Å²) in [5.41, 5.74) is 1.20. The molecule has 0 radical (unpaired) electrons. The molecule has 3 N–H and O–H groups in total. The largest absolute Gasteiger partial charge is 0.355 e. The first-order valence-electron chi connectivity index (χ1n) is 5.03. The molecular formula is C10H17N3O2. The Hall–Kier alpha value is -1.52. The first kappa shape index (κ1) is 11.6. The highest BCUT2D eigenvalue weighted by atomic mass is 16.2. The summed E-state index contributed by atoms with van der Waals surface area (Å²) in [5.74, 6) is 0.373. The highest BCUT2D eigenvalue weighted by molar-refractivity contribution is 5.74. The number of amides is 3. The van der Waals surface area contributed by atoms with Gasteiger partial charge < -0.3 is 16.0 Å². The summed E-state index contributed by atoms with van der Waals surface area (Å²) in [6.07, 6.45) is 1.02. The Labute approximate surface area is 89.3 Å². The molecule has 0 heterocycles. The third-order valence-corrected chi connectivity index (χ3v) is 2.22. The SMILES string of the molecule is C=C1CC1CNC(=O)NCCNC(C)=O. The molecule has 0 bridgehead atoms. The Bertz CT molecular complexity index is 276. The second kappa shape index (κ2) is 5.38. The number of carbonyl (C=O) groups excluding carboxylic acids is 2. The zero-order chi connectivity index (χ0) is 11.3. The van der Waals surface area contributed by atoms with Gasteiger partial charge in [0.05, 0.1) is 0 Å². The van der Waals surface area contributed by atoms with E-state index in [0.29, 0.717) is 25.6 Å². The van der Waals surface area contributed by atoms with Gasteiger partial charge in [-0.15, -0.1) is 0 Å². The Balaban J connectivity index is 1.94. The normalized spacial score (nSPS) is 18.2. The molecule has 15 heavy (non-hydrogen) atoms. The van der Waals surface area contributed by atoms with Gasteiger partial charge in [0.15, 0.2) is 0 Å². The van der Waals surface area contributed by atoms with Gasteiger partial charge in [-0.25, -0.2) is 4.79 Å². The summed E-state index contributed by atoms with van der Waals surface area (Å²) in [5, 5.41) is 7.97. The molecule has 0 saturated heterocycles. The summed E-state index contributed by atoms with van der Waals surface area (Å²) in [4.78, 5) is 21.7. The molecule has 5 nitrogen and oxygen atoms in total. The zero-order valence-electron chi connectivity index (χ0n) is 8.93. The number of nitrogens with one attached hydrogen (secondary N) is 3. The standard InChI is InChI=1S/C10H17N3O2/c1-7-5-9(7)6-13-10(15)12-4-3-11-8(2)14/h9H,1,3-6H2,2H3,(H,11,14)(H2,12,13,15). The van der Waals surface area contributed by atoms with E-state index < -0.39 is 0 Å². The Kier molecular flexibility index (Phi) is 4.15. The van der Waals surface area contributed by atoms with Crippen LogP contribution >= 0.6 is 0 Å². The molecule has 1 unspecified atom stereocenters. The number of urea groups is 1. The smallest absolute Gasteiger partial charge is 0.314 e. The topological polar surface area (TPSA) is 70.2 Å². The average molecular weight is 211 g/mol. The summed E-state index contributed by atoms with van der Waals surface area (Å²) in [6.45, 7) is 6.80. The van der Waals surface area contributed by atoms with Crippen LogP contribution in [0.25, 0.3) is 0 Å². The van der Waals surface area contributed by atoms with Crippen LogP contribution in [0.4, 0.5) is 4.79 Å². The third kappa shape index (κ3) is 5.05. The summed E-state index contributed by atoms with van der Waals surface area (Å²) in [7, 11) is 0. The fraction of sp³-hybridized carbons (Fsp3) is 0.600. The van der Waals surface area contributed by atoms with E-state index in [-0.39, 0.29) is 11.9 Å². The molecular weight excluding hydrogens is 194 g/mol. The molecule has 1 fully saturated rings. The van der Waals surface area contributed by atoms with Crippen molar-refractivity contribution in [1.82, 2.24) is 16.0 Å². The molecule has 1 saturated carbocycles. The minimum atomic E-state index is -0.194. The molecule has 84 valence electrons. The molecule has 3 amide bonds. The van der Waals surface area contributed by atoms with Crippen molar-refractivity contribution in [1.29, 1.82) is 0 Å². The van der Waals surface area contributed by atoms with Crippen LogP contribution in [-0.2, 0) is 4.79 Å². The lowest BCUT2D eigenvalue weighted by molar-refractivity contribution is -0.118. The summed E-state index contributed by atoms with van der Waals surface area (Å²) >= 11 is 0. The maximum atomic E-state index is 11.2. The van der Waals surface area contributed by atoms with E-state index in [0.717, 1.165) is 6.42 Å². The van der Waals surface area contributed by atoms with Crippen molar-refractivity contribution < 1.29 is 9.59 Å². The highest BCUT2D eigenvalue weighted by Gasteiger charge is 2.27. The fourth-order valence-electron chi connectivity index (χ4n) is 1.17. The predicted molar refractivity (Wildman–Crippen MR) is 57.3 cm³/mol. The van der Waals surface area contributed by atoms with E-state index in [1.807, 2.05) is 0 Å². The van der Waals surface area contributed by atoms with Gasteiger partial charge in [-0.1, -0.05) is 12.2 Å². The van der Waals surface area contributed by atoms with Gasteiger partial charge >= 0.3 is 6.03 Å². The molecule has 0 aliphatic heterocycles. The summed E-state index contributed by atoms with van der Waals surface area (Å²) in [6, 6.07) is -0.194. The van der Waals surface area contributed by atoms with Crippen molar-refractivity contribution in [3.8, 4) is 0 Å². The first-order valence-corrected chi connectivity index (χ1v) is 5.03. The van der Waals surface area contributed by atoms with E-state index in [1.54, 1.807) is 0 Å². The van der Waals surface area contributed by atoms with Gasteiger partial charge in [0.25, 0.3) is 0 Å². The van der Waals surface area contributed by atoms with Crippen LogP contribution < -0.4 is 16.0 Å². The van der Waals surface area contributed by atoms with Crippen molar-refractivity contribution in [2.75, 3.05) is 19.6 Å². The Morgan fingerprint density at radius 1 is 1.33 bits per heavy atom. The molecule has 1 atom stereocenters. The monoisotopic (exact) mass is 211 g/mol. The van der Waals surface area contributed by atoms with Gasteiger partial charge in [-0.05, 0) is 6.42 Å². The quantitative estimate of drug-likeness (QED) is 0.442. The number of rotatable bonds is 5. The van der Waals surface area contributed by atoms with Crippen molar-refractivity contribution >= 4 is 11.9 Å². The number of hydrogen-bond acceptors (Lipinski definition) is 2. The van der Waals surface area contributed by atoms with Crippen molar-refractivity contribution in [2.45, 2.75) is 13.3 Å². The van der Waals surface area contributed by atoms with Crippen LogP contribution in [0.1, 0.15) is 13.3 Å². The molecule has 0 aromatic heterocycles. The zero-order valence-corrected chi connectivity index (χ0v) is 8.93. The molecule has 5 heteroatoms. The van der Waals surface area contributed by atoms with E-state index in [4.69, 9.17) is 0 Å². The fourth-order valence-corrected chi connectivity index (χ4v) is 1.17. The van der Waals surface area contributed by atoms with Gasteiger partial charge in [0.2, 0.25) is 5.91 Å². The number of hydrogen-bond donors (Lipinski definition) is 3. The van der Waals surface area contributed by atoms with Crippen molar-refractivity contribution in [3.63, 3.8) is 0 Å². The van der Waals surface area contributed by atoms with Gasteiger partial charge in [-0.3, -0.25) is 4.79 Å². The molecule has 0 aromatic carbocycles. The van der Waals surface area contributed by atoms with Crippen LogP contribution in [0.15, 0.2) is 12.2 Å². The van der Waals surface area contributed by atoms with E-state index >= 15 is 0 Å². The maximum absolute atomic E-state index is 11.2. The molecule has 1 aliphatic rings. The second-order valence-electron chi connectivity index (χ2n) is 3.68. The van der Waals surface area contributed by atoms with Crippen LogP contribution in [0.5, 0.6) is 0 Å². The minimum absolute atomic E-state index is 0.0912. The van der Waals surface area contributed by atoms with E-state index in [1.165, 1.54) is 12.5 Å². The van der Waals surface area contributed by atoms with E-state index in [2.05, 4.69) is 22.5 Å². The first-order chi connectivity index (χ1) is 7.09. The summed E-state index contributed by atoms with van der Waals surface area (Å²) < 4.78 is 0. The Morgan fingerprint density at radius 2 is 1.93 bits per heavy atom. The average Bonchev–Trinajstić information content (AvgIpc) is 2.86. The number of carbonyl (C=O) groups is 2. The predicted octanol–water partition coefficient (Wildman–Crippen LogP) is -0.00220. The molecule has 0 spiro atoms. The third-order valence-electron chi connectivity index (χ3n) is 2.22. The van der Waals surface area contributed by atoms with Gasteiger partial charge in [0.1, 0.15) is 0 Å². The molecule has 1 aliphatic carbocycles. The highest BCUT2D eigenvalue weighted by Crippen LogP contribution is 2.34. The van der Waals surface area contributed by atoms with Crippen LogP contribution in [0.3, 0.4) is 0 Å². The lowest BCUT2D eigenvalue weighted by atomic mass is 10.4. The van der Waals surface area contributed by atoms with Crippen molar-refractivity contribution in [3.05, 3.63) is 12.2 Å². The molecule has 0 aromatic rings. The van der Waals surface area contributed by atoms with Crippen LogP contribution in [-0.4, -0.2) is 31.6 Å².